The highest BCUT2D eigenvalue weighted by atomic mass is 16.2. The number of carbonyl (C=O) groups excluding carboxylic acids is 3. The Bertz CT molecular complexity index is 959. The fourth-order valence-corrected chi connectivity index (χ4v) is 4.54. The number of urea groups is 1. The molecular formula is C25H28N2O3. The first-order chi connectivity index (χ1) is 14.4. The van der Waals surface area contributed by atoms with Crippen LogP contribution >= 0.6 is 0 Å². The molecule has 1 saturated carbocycles. The van der Waals surface area contributed by atoms with Crippen LogP contribution in [0.5, 0.6) is 0 Å². The van der Waals surface area contributed by atoms with Crippen LogP contribution in [0.3, 0.4) is 0 Å². The third kappa shape index (κ3) is 3.76. The molecule has 2 aromatic carbocycles. The van der Waals surface area contributed by atoms with Crippen LogP contribution in [-0.4, -0.2) is 29.2 Å². The minimum Gasteiger partial charge on any atom is -0.319 e. The van der Waals surface area contributed by atoms with Gasteiger partial charge in [0.15, 0.2) is 5.78 Å². The van der Waals surface area contributed by atoms with Crippen LogP contribution in [0.2, 0.25) is 0 Å². The first-order valence-corrected chi connectivity index (χ1v) is 10.7. The van der Waals surface area contributed by atoms with Crippen LogP contribution in [0.4, 0.5) is 4.79 Å². The lowest BCUT2D eigenvalue weighted by atomic mass is 9.84. The van der Waals surface area contributed by atoms with Gasteiger partial charge in [-0.05, 0) is 43.7 Å². The summed E-state index contributed by atoms with van der Waals surface area (Å²) in [6, 6.07) is 14.6. The van der Waals surface area contributed by atoms with Crippen molar-refractivity contribution in [2.45, 2.75) is 57.4 Å². The van der Waals surface area contributed by atoms with E-state index in [1.54, 1.807) is 6.92 Å². The highest BCUT2D eigenvalue weighted by Gasteiger charge is 2.49. The number of benzene rings is 2. The molecule has 1 aliphatic heterocycles. The van der Waals surface area contributed by atoms with Crippen molar-refractivity contribution < 1.29 is 14.4 Å². The minimum absolute atomic E-state index is 0.234. The molecule has 1 saturated heterocycles. The fourth-order valence-electron chi connectivity index (χ4n) is 4.54. The van der Waals surface area contributed by atoms with Crippen molar-refractivity contribution in [3.8, 4) is 0 Å². The van der Waals surface area contributed by atoms with E-state index in [1.165, 1.54) is 37.7 Å². The summed E-state index contributed by atoms with van der Waals surface area (Å²) >= 11 is 0. The van der Waals surface area contributed by atoms with Crippen molar-refractivity contribution in [1.82, 2.24) is 10.2 Å². The maximum Gasteiger partial charge on any atom is 0.325 e. The molecule has 2 fully saturated rings. The number of ketones is 1. The lowest BCUT2D eigenvalue weighted by Crippen LogP contribution is -2.41. The maximum atomic E-state index is 13.0. The Morgan fingerprint density at radius 1 is 1.00 bits per heavy atom. The smallest absolute Gasteiger partial charge is 0.319 e. The molecule has 1 atom stereocenters. The maximum absolute atomic E-state index is 13.0. The van der Waals surface area contributed by atoms with Crippen molar-refractivity contribution in [2.24, 2.45) is 0 Å². The van der Waals surface area contributed by atoms with Crippen LogP contribution in [0.25, 0.3) is 0 Å². The van der Waals surface area contributed by atoms with Gasteiger partial charge in [-0.25, -0.2) is 4.79 Å². The van der Waals surface area contributed by atoms with Gasteiger partial charge in [0, 0.05) is 5.56 Å². The van der Waals surface area contributed by atoms with Crippen LogP contribution in [0.15, 0.2) is 48.5 Å². The van der Waals surface area contributed by atoms with Gasteiger partial charge in [-0.2, -0.15) is 0 Å². The molecule has 0 radical (unpaired) electrons. The number of Topliss-reactive ketones (excluding diaryl/α,β-unsaturated/α-hetero) is 1. The number of amides is 3. The van der Waals surface area contributed by atoms with Crippen LogP contribution < -0.4 is 5.32 Å². The molecular weight excluding hydrogens is 376 g/mol. The topological polar surface area (TPSA) is 66.5 Å². The number of rotatable bonds is 5. The predicted molar refractivity (Wildman–Crippen MR) is 115 cm³/mol. The average molecular weight is 405 g/mol. The largest absolute Gasteiger partial charge is 0.325 e. The zero-order valence-electron chi connectivity index (χ0n) is 17.6. The molecule has 3 amide bonds. The van der Waals surface area contributed by atoms with E-state index in [1.807, 2.05) is 55.5 Å². The number of carbonyl (C=O) groups is 3. The number of hydrogen-bond donors (Lipinski definition) is 1. The molecule has 2 aliphatic rings. The van der Waals surface area contributed by atoms with E-state index >= 15 is 0 Å². The molecule has 1 N–H and O–H groups in total. The van der Waals surface area contributed by atoms with Crippen LogP contribution in [0.1, 0.15) is 72.0 Å². The Labute approximate surface area is 177 Å². The van der Waals surface area contributed by atoms with Gasteiger partial charge in [-0.15, -0.1) is 0 Å². The van der Waals surface area contributed by atoms with Crippen molar-refractivity contribution >= 4 is 17.7 Å². The lowest BCUT2D eigenvalue weighted by molar-refractivity contribution is -0.130. The summed E-state index contributed by atoms with van der Waals surface area (Å²) in [6.45, 7) is 3.39. The highest BCUT2D eigenvalue weighted by molar-refractivity contribution is 6.11. The van der Waals surface area contributed by atoms with E-state index in [0.29, 0.717) is 17.0 Å². The third-order valence-electron chi connectivity index (χ3n) is 6.51. The van der Waals surface area contributed by atoms with Crippen molar-refractivity contribution in [1.29, 1.82) is 0 Å². The van der Waals surface area contributed by atoms with E-state index in [2.05, 4.69) is 5.32 Å². The first kappa shape index (κ1) is 20.3. The van der Waals surface area contributed by atoms with Crippen molar-refractivity contribution in [3.63, 3.8) is 0 Å². The van der Waals surface area contributed by atoms with Crippen molar-refractivity contribution in [2.75, 3.05) is 6.54 Å². The number of imide groups is 1. The molecule has 0 unspecified atom stereocenters. The molecule has 2 aromatic rings. The van der Waals surface area contributed by atoms with Gasteiger partial charge >= 0.3 is 6.03 Å². The quantitative estimate of drug-likeness (QED) is 0.581. The van der Waals surface area contributed by atoms with Crippen LogP contribution in [-0.2, 0) is 10.3 Å². The zero-order chi connectivity index (χ0) is 21.3. The summed E-state index contributed by atoms with van der Waals surface area (Å²) in [5.41, 5.74) is 2.42. The molecule has 0 aromatic heterocycles. The normalized spacial score (nSPS) is 22.3. The number of aryl methyl sites for hydroxylation is 1. The highest BCUT2D eigenvalue weighted by Crippen LogP contribution is 2.33. The molecule has 1 aliphatic carbocycles. The average Bonchev–Trinajstić information content (AvgIpc) is 2.98. The Morgan fingerprint density at radius 2 is 1.63 bits per heavy atom. The fraction of sp³-hybridized carbons (Fsp3) is 0.400. The summed E-state index contributed by atoms with van der Waals surface area (Å²) in [5, 5.41) is 2.76. The van der Waals surface area contributed by atoms with Gasteiger partial charge in [0.1, 0.15) is 5.54 Å². The van der Waals surface area contributed by atoms with Gasteiger partial charge in [0.05, 0.1) is 6.54 Å². The number of nitrogens with one attached hydrogen (secondary N) is 1. The molecule has 0 bridgehead atoms. The van der Waals surface area contributed by atoms with Gasteiger partial charge < -0.3 is 5.32 Å². The minimum atomic E-state index is -1.16. The van der Waals surface area contributed by atoms with Gasteiger partial charge in [0.25, 0.3) is 5.91 Å². The van der Waals surface area contributed by atoms with E-state index in [0.717, 1.165) is 10.5 Å². The summed E-state index contributed by atoms with van der Waals surface area (Å²) in [7, 11) is 0. The number of hydrogen-bond acceptors (Lipinski definition) is 3. The van der Waals surface area contributed by atoms with E-state index < -0.39 is 17.5 Å². The van der Waals surface area contributed by atoms with Crippen molar-refractivity contribution in [3.05, 3.63) is 70.8 Å². The SMILES string of the molecule is Cc1ccc([C@@]2(C)NC(=O)N(CC(=O)c3ccc(C4CCCCC4)cc3)C2=O)cc1. The van der Waals surface area contributed by atoms with Crippen LogP contribution in [0, 0.1) is 6.92 Å². The predicted octanol–water partition coefficient (Wildman–Crippen LogP) is 4.69. The zero-order valence-corrected chi connectivity index (χ0v) is 17.6. The second kappa shape index (κ2) is 8.05. The number of nitrogens with zero attached hydrogens (tertiary/aromatic N) is 1. The molecule has 5 heteroatoms. The van der Waals surface area contributed by atoms with E-state index in [4.69, 9.17) is 0 Å². The molecule has 0 spiro atoms. The first-order valence-electron chi connectivity index (χ1n) is 10.7. The Morgan fingerprint density at radius 3 is 2.27 bits per heavy atom. The Hall–Kier alpha value is -2.95. The third-order valence-corrected chi connectivity index (χ3v) is 6.51. The molecule has 4 rings (SSSR count). The molecule has 30 heavy (non-hydrogen) atoms. The second-order valence-corrected chi connectivity index (χ2v) is 8.69. The Kier molecular flexibility index (Phi) is 5.46. The van der Waals surface area contributed by atoms with E-state index in [-0.39, 0.29) is 12.3 Å². The standard InChI is InChI=1S/C25H28N2O3/c1-17-8-14-21(15-9-17)25(2)23(29)27(24(30)26-25)16-22(28)20-12-10-19(11-13-20)18-6-4-3-5-7-18/h8-15,18H,3-7,16H2,1-2H3,(H,26,30)/t25-/m1/s1. The monoisotopic (exact) mass is 404 g/mol. The molecule has 5 nitrogen and oxygen atoms in total. The summed E-state index contributed by atoms with van der Waals surface area (Å²) in [6.07, 6.45) is 6.23. The van der Waals surface area contributed by atoms with Gasteiger partial charge in [0.2, 0.25) is 0 Å². The van der Waals surface area contributed by atoms with Gasteiger partial charge in [-0.1, -0.05) is 73.4 Å². The van der Waals surface area contributed by atoms with Gasteiger partial charge in [-0.3, -0.25) is 14.5 Å². The molecule has 1 heterocycles. The summed E-state index contributed by atoms with van der Waals surface area (Å²) in [4.78, 5) is 39.4. The van der Waals surface area contributed by atoms with E-state index in [9.17, 15) is 14.4 Å². The summed E-state index contributed by atoms with van der Waals surface area (Å²) < 4.78 is 0. The second-order valence-electron chi connectivity index (χ2n) is 8.69. The summed E-state index contributed by atoms with van der Waals surface area (Å²) in [5.74, 6) is -0.0607. The molecule has 156 valence electrons. The lowest BCUT2D eigenvalue weighted by Gasteiger charge is -2.22. The Balaban J connectivity index is 1.47.